The highest BCUT2D eigenvalue weighted by Crippen LogP contribution is 2.31. The lowest BCUT2D eigenvalue weighted by atomic mass is 10.1. The Morgan fingerprint density at radius 3 is 2.52 bits per heavy atom. The van der Waals surface area contributed by atoms with Gasteiger partial charge in [-0.25, -0.2) is 4.98 Å². The molecule has 1 unspecified atom stereocenters. The number of aromatic nitrogens is 2. The highest BCUT2D eigenvalue weighted by molar-refractivity contribution is 6.33. The highest BCUT2D eigenvalue weighted by atomic mass is 35.5. The summed E-state index contributed by atoms with van der Waals surface area (Å²) in [7, 11) is 0. The molecule has 3 aromatic rings. The number of halogens is 1. The van der Waals surface area contributed by atoms with E-state index in [9.17, 15) is 0 Å². The molecule has 106 valence electrons. The average molecular weight is 298 g/mol. The first-order chi connectivity index (χ1) is 10.2. The van der Waals surface area contributed by atoms with Crippen LogP contribution in [0.3, 0.4) is 0 Å². The van der Waals surface area contributed by atoms with E-state index in [4.69, 9.17) is 17.3 Å². The van der Waals surface area contributed by atoms with Crippen molar-refractivity contribution in [2.75, 3.05) is 5.73 Å². The number of nitrogen functional groups attached to an aromatic ring is 1. The minimum absolute atomic E-state index is 0.152. The molecule has 0 spiro atoms. The summed E-state index contributed by atoms with van der Waals surface area (Å²) < 4.78 is 2.12. The van der Waals surface area contributed by atoms with Crippen LogP contribution >= 0.6 is 11.6 Å². The van der Waals surface area contributed by atoms with Gasteiger partial charge in [-0.3, -0.25) is 0 Å². The van der Waals surface area contributed by atoms with Gasteiger partial charge in [0.1, 0.15) is 0 Å². The topological polar surface area (TPSA) is 43.8 Å². The molecule has 0 amide bonds. The van der Waals surface area contributed by atoms with Gasteiger partial charge in [-0.15, -0.1) is 0 Å². The second kappa shape index (κ2) is 5.62. The van der Waals surface area contributed by atoms with Gasteiger partial charge in [-0.2, -0.15) is 0 Å². The third-order valence-corrected chi connectivity index (χ3v) is 3.98. The number of nitrogens with zero attached hydrogens (tertiary/aromatic N) is 2. The fourth-order valence-electron chi connectivity index (χ4n) is 2.43. The molecule has 4 heteroatoms. The molecule has 0 saturated carbocycles. The van der Waals surface area contributed by atoms with Crippen molar-refractivity contribution in [1.29, 1.82) is 0 Å². The smallest absolute Gasteiger partial charge is 0.0956 e. The van der Waals surface area contributed by atoms with Crippen LogP contribution < -0.4 is 5.73 Å². The molecule has 3 rings (SSSR count). The van der Waals surface area contributed by atoms with Crippen LogP contribution in [0.1, 0.15) is 18.5 Å². The summed E-state index contributed by atoms with van der Waals surface area (Å²) in [5.41, 5.74) is 9.68. The van der Waals surface area contributed by atoms with Gasteiger partial charge >= 0.3 is 0 Å². The van der Waals surface area contributed by atoms with E-state index in [2.05, 4.69) is 16.5 Å². The van der Waals surface area contributed by atoms with Crippen molar-refractivity contribution in [3.63, 3.8) is 0 Å². The Labute approximate surface area is 129 Å². The van der Waals surface area contributed by atoms with Crippen molar-refractivity contribution < 1.29 is 0 Å². The van der Waals surface area contributed by atoms with Gasteiger partial charge < -0.3 is 10.3 Å². The fourth-order valence-corrected chi connectivity index (χ4v) is 2.66. The number of benzene rings is 2. The SMILES string of the molecule is CC(c1ccc(N)cc1)n1cncc1-c1ccccc1Cl. The third kappa shape index (κ3) is 2.65. The Bertz CT molecular complexity index is 747. The summed E-state index contributed by atoms with van der Waals surface area (Å²) in [6.45, 7) is 2.13. The molecule has 0 saturated heterocycles. The van der Waals surface area contributed by atoms with Crippen LogP contribution in [0, 0.1) is 0 Å². The quantitative estimate of drug-likeness (QED) is 0.728. The number of nitrogens with two attached hydrogens (primary N) is 1. The van der Waals surface area contributed by atoms with E-state index in [1.807, 2.05) is 61.1 Å². The Morgan fingerprint density at radius 2 is 1.81 bits per heavy atom. The molecule has 0 aliphatic carbocycles. The number of hydrogen-bond donors (Lipinski definition) is 1. The van der Waals surface area contributed by atoms with Gasteiger partial charge in [0.05, 0.1) is 24.3 Å². The summed E-state index contributed by atoms with van der Waals surface area (Å²) in [5, 5.41) is 0.726. The molecule has 3 nitrogen and oxygen atoms in total. The Kier molecular flexibility index (Phi) is 3.67. The zero-order chi connectivity index (χ0) is 14.8. The summed E-state index contributed by atoms with van der Waals surface area (Å²) in [6.07, 6.45) is 3.68. The molecule has 0 fully saturated rings. The van der Waals surface area contributed by atoms with Gasteiger partial charge in [-0.1, -0.05) is 41.9 Å². The van der Waals surface area contributed by atoms with Crippen LogP contribution in [0.2, 0.25) is 5.02 Å². The van der Waals surface area contributed by atoms with Gasteiger partial charge in [-0.05, 0) is 30.7 Å². The number of anilines is 1. The van der Waals surface area contributed by atoms with E-state index in [-0.39, 0.29) is 6.04 Å². The minimum Gasteiger partial charge on any atom is -0.399 e. The number of imidazole rings is 1. The van der Waals surface area contributed by atoms with Crippen molar-refractivity contribution in [2.24, 2.45) is 0 Å². The van der Waals surface area contributed by atoms with Crippen LogP contribution in [0.25, 0.3) is 11.3 Å². The van der Waals surface area contributed by atoms with Crippen LogP contribution in [0.5, 0.6) is 0 Å². The Hall–Kier alpha value is -2.26. The average Bonchev–Trinajstić information content (AvgIpc) is 2.97. The number of hydrogen-bond acceptors (Lipinski definition) is 2. The van der Waals surface area contributed by atoms with Crippen LogP contribution in [-0.2, 0) is 0 Å². The van der Waals surface area contributed by atoms with Gasteiger partial charge in [0, 0.05) is 16.3 Å². The van der Waals surface area contributed by atoms with E-state index in [0.717, 1.165) is 22.0 Å². The third-order valence-electron chi connectivity index (χ3n) is 3.65. The minimum atomic E-state index is 0.152. The van der Waals surface area contributed by atoms with Crippen molar-refractivity contribution in [3.05, 3.63) is 71.6 Å². The lowest BCUT2D eigenvalue weighted by Gasteiger charge is -2.18. The van der Waals surface area contributed by atoms with E-state index >= 15 is 0 Å². The maximum absolute atomic E-state index is 6.30. The predicted molar refractivity (Wildman–Crippen MR) is 87.3 cm³/mol. The van der Waals surface area contributed by atoms with Crippen molar-refractivity contribution >= 4 is 17.3 Å². The first kappa shape index (κ1) is 13.7. The Balaban J connectivity index is 2.03. The maximum atomic E-state index is 6.30. The van der Waals surface area contributed by atoms with E-state index in [1.165, 1.54) is 5.56 Å². The zero-order valence-corrected chi connectivity index (χ0v) is 12.5. The summed E-state index contributed by atoms with van der Waals surface area (Å²) in [6, 6.07) is 15.9. The van der Waals surface area contributed by atoms with Crippen LogP contribution in [-0.4, -0.2) is 9.55 Å². The molecule has 21 heavy (non-hydrogen) atoms. The summed E-state index contributed by atoms with van der Waals surface area (Å²) in [4.78, 5) is 4.28. The molecule has 2 N–H and O–H groups in total. The second-order valence-electron chi connectivity index (χ2n) is 5.01. The normalized spacial score (nSPS) is 12.3. The first-order valence-corrected chi connectivity index (χ1v) is 7.17. The monoisotopic (exact) mass is 297 g/mol. The lowest BCUT2D eigenvalue weighted by Crippen LogP contribution is -2.07. The zero-order valence-electron chi connectivity index (χ0n) is 11.7. The molecular formula is C17H16ClN3. The van der Waals surface area contributed by atoms with Gasteiger partial charge in [0.25, 0.3) is 0 Å². The van der Waals surface area contributed by atoms with Gasteiger partial charge in [0.2, 0.25) is 0 Å². The van der Waals surface area contributed by atoms with Crippen LogP contribution in [0.15, 0.2) is 61.1 Å². The molecule has 1 atom stereocenters. The van der Waals surface area contributed by atoms with E-state index in [0.29, 0.717) is 0 Å². The first-order valence-electron chi connectivity index (χ1n) is 6.79. The summed E-state index contributed by atoms with van der Waals surface area (Å²) >= 11 is 6.30. The maximum Gasteiger partial charge on any atom is 0.0956 e. The molecule has 0 aliphatic heterocycles. The van der Waals surface area contributed by atoms with Crippen molar-refractivity contribution in [1.82, 2.24) is 9.55 Å². The van der Waals surface area contributed by atoms with E-state index in [1.54, 1.807) is 0 Å². The highest BCUT2D eigenvalue weighted by Gasteiger charge is 2.14. The predicted octanol–water partition coefficient (Wildman–Crippen LogP) is 4.40. The molecule has 1 heterocycles. The second-order valence-corrected chi connectivity index (χ2v) is 5.42. The standard InChI is InChI=1S/C17H16ClN3/c1-12(13-6-8-14(19)9-7-13)21-11-20-10-17(21)15-4-2-3-5-16(15)18/h2-12H,19H2,1H3. The van der Waals surface area contributed by atoms with Crippen molar-refractivity contribution in [3.8, 4) is 11.3 Å². The number of rotatable bonds is 3. The lowest BCUT2D eigenvalue weighted by molar-refractivity contribution is 0.644. The molecule has 0 radical (unpaired) electrons. The van der Waals surface area contributed by atoms with E-state index < -0.39 is 0 Å². The largest absolute Gasteiger partial charge is 0.399 e. The molecule has 1 aromatic heterocycles. The Morgan fingerprint density at radius 1 is 1.10 bits per heavy atom. The summed E-state index contributed by atoms with van der Waals surface area (Å²) in [5.74, 6) is 0. The molecule has 2 aromatic carbocycles. The van der Waals surface area contributed by atoms with Gasteiger partial charge in [0.15, 0.2) is 0 Å². The molecule has 0 aliphatic rings. The van der Waals surface area contributed by atoms with Crippen molar-refractivity contribution in [2.45, 2.75) is 13.0 Å². The molecule has 0 bridgehead atoms. The molecular weight excluding hydrogens is 282 g/mol. The van der Waals surface area contributed by atoms with Crippen LogP contribution in [0.4, 0.5) is 5.69 Å². The fraction of sp³-hybridized carbons (Fsp3) is 0.118.